The van der Waals surface area contributed by atoms with Crippen molar-refractivity contribution in [3.63, 3.8) is 0 Å². The molecule has 2 rings (SSSR count). The molecule has 0 heterocycles. The van der Waals surface area contributed by atoms with Gasteiger partial charge >= 0.3 is 0 Å². The van der Waals surface area contributed by atoms with Crippen LogP contribution in [0.4, 0.5) is 10.1 Å². The average Bonchev–Trinajstić information content (AvgIpc) is 2.60. The van der Waals surface area contributed by atoms with Crippen LogP contribution in [0, 0.1) is 29.0 Å². The van der Waals surface area contributed by atoms with Gasteiger partial charge in [-0.25, -0.2) is 4.39 Å². The first-order valence-electron chi connectivity index (χ1n) is 6.07. The summed E-state index contributed by atoms with van der Waals surface area (Å²) in [7, 11) is 0. The summed E-state index contributed by atoms with van der Waals surface area (Å²) in [6, 6.07) is 6.78. The Morgan fingerprint density at radius 1 is 1.29 bits per heavy atom. The lowest BCUT2D eigenvalue weighted by atomic mass is 9.97. The molecule has 3 atom stereocenters. The van der Waals surface area contributed by atoms with Gasteiger partial charge in [0.25, 0.3) is 0 Å². The molecule has 1 aromatic rings. The predicted molar refractivity (Wildman–Crippen MR) is 66.1 cm³/mol. The summed E-state index contributed by atoms with van der Waals surface area (Å²) in [6.07, 6.45) is 2.32. The Morgan fingerprint density at radius 2 is 2.06 bits per heavy atom. The van der Waals surface area contributed by atoms with Gasteiger partial charge in [-0.2, -0.15) is 5.26 Å². The largest absolute Gasteiger partial charge is 0.382 e. The van der Waals surface area contributed by atoms with E-state index >= 15 is 0 Å². The molecule has 1 aromatic carbocycles. The van der Waals surface area contributed by atoms with Crippen LogP contribution in [0.3, 0.4) is 0 Å². The molecule has 1 fully saturated rings. The number of nitriles is 1. The Labute approximate surface area is 101 Å². The first-order chi connectivity index (χ1) is 8.10. The van der Waals surface area contributed by atoms with E-state index in [9.17, 15) is 4.39 Å². The molecule has 3 unspecified atom stereocenters. The van der Waals surface area contributed by atoms with E-state index in [4.69, 9.17) is 5.26 Å². The first kappa shape index (κ1) is 11.9. The molecule has 1 saturated carbocycles. The molecular weight excluding hydrogens is 215 g/mol. The van der Waals surface area contributed by atoms with E-state index in [0.29, 0.717) is 29.1 Å². The minimum absolute atomic E-state index is 0.356. The number of hydrogen-bond acceptors (Lipinski definition) is 2. The van der Waals surface area contributed by atoms with E-state index in [2.05, 4.69) is 19.2 Å². The molecular formula is C14H17FN2. The van der Waals surface area contributed by atoms with Gasteiger partial charge in [-0.15, -0.1) is 0 Å². The molecule has 0 aliphatic heterocycles. The van der Waals surface area contributed by atoms with Gasteiger partial charge in [0.2, 0.25) is 0 Å². The van der Waals surface area contributed by atoms with Gasteiger partial charge in [-0.05, 0) is 42.9 Å². The van der Waals surface area contributed by atoms with E-state index in [1.54, 1.807) is 6.07 Å². The van der Waals surface area contributed by atoms with Gasteiger partial charge in [0.15, 0.2) is 0 Å². The fourth-order valence-corrected chi connectivity index (χ4v) is 2.52. The van der Waals surface area contributed by atoms with Gasteiger partial charge in [-0.1, -0.05) is 13.8 Å². The zero-order chi connectivity index (χ0) is 12.4. The van der Waals surface area contributed by atoms with Crippen molar-refractivity contribution < 1.29 is 4.39 Å². The van der Waals surface area contributed by atoms with Crippen LogP contribution >= 0.6 is 0 Å². The Kier molecular flexibility index (Phi) is 3.33. The van der Waals surface area contributed by atoms with Crippen molar-refractivity contribution in [1.29, 1.82) is 5.26 Å². The first-order valence-corrected chi connectivity index (χ1v) is 6.07. The van der Waals surface area contributed by atoms with Crippen molar-refractivity contribution in [2.45, 2.75) is 32.7 Å². The van der Waals surface area contributed by atoms with Crippen molar-refractivity contribution in [2.75, 3.05) is 5.32 Å². The van der Waals surface area contributed by atoms with Crippen molar-refractivity contribution in [3.8, 4) is 6.07 Å². The third-order valence-corrected chi connectivity index (χ3v) is 3.84. The number of halogens is 1. The van der Waals surface area contributed by atoms with Crippen molar-refractivity contribution in [1.82, 2.24) is 0 Å². The minimum Gasteiger partial charge on any atom is -0.382 e. The van der Waals surface area contributed by atoms with Crippen molar-refractivity contribution in [2.24, 2.45) is 11.8 Å². The highest BCUT2D eigenvalue weighted by molar-refractivity contribution is 5.50. The Hall–Kier alpha value is -1.56. The maximum Gasteiger partial charge on any atom is 0.126 e. The molecule has 3 heteroatoms. The molecule has 0 spiro atoms. The third kappa shape index (κ3) is 2.58. The van der Waals surface area contributed by atoms with Crippen molar-refractivity contribution in [3.05, 3.63) is 29.6 Å². The number of nitrogens with zero attached hydrogens (tertiary/aromatic N) is 1. The Morgan fingerprint density at radius 3 is 2.65 bits per heavy atom. The molecule has 0 bridgehead atoms. The molecule has 90 valence electrons. The van der Waals surface area contributed by atoms with Crippen LogP contribution in [0.5, 0.6) is 0 Å². The van der Waals surface area contributed by atoms with E-state index in [-0.39, 0.29) is 5.82 Å². The van der Waals surface area contributed by atoms with Crippen LogP contribution in [0.25, 0.3) is 0 Å². The van der Waals surface area contributed by atoms with E-state index in [1.165, 1.54) is 18.6 Å². The molecule has 0 amide bonds. The summed E-state index contributed by atoms with van der Waals surface area (Å²) >= 11 is 0. The van der Waals surface area contributed by atoms with Crippen LogP contribution in [-0.4, -0.2) is 6.04 Å². The molecule has 0 radical (unpaired) electrons. The lowest BCUT2D eigenvalue weighted by Crippen LogP contribution is -2.24. The lowest BCUT2D eigenvalue weighted by molar-refractivity contribution is 0.435. The second kappa shape index (κ2) is 4.75. The second-order valence-electron chi connectivity index (χ2n) is 5.00. The normalized spacial score (nSPS) is 27.8. The summed E-state index contributed by atoms with van der Waals surface area (Å²) in [5, 5.41) is 12.1. The third-order valence-electron chi connectivity index (χ3n) is 3.84. The molecule has 2 nitrogen and oxygen atoms in total. The maximum absolute atomic E-state index is 13.3. The summed E-state index contributed by atoms with van der Waals surface area (Å²) in [5.41, 5.74) is 1.08. The summed E-state index contributed by atoms with van der Waals surface area (Å²) in [4.78, 5) is 0. The zero-order valence-corrected chi connectivity index (χ0v) is 10.2. The molecule has 17 heavy (non-hydrogen) atoms. The molecule has 0 aromatic heterocycles. The smallest absolute Gasteiger partial charge is 0.126 e. The number of hydrogen-bond donors (Lipinski definition) is 1. The second-order valence-corrected chi connectivity index (χ2v) is 5.00. The number of benzene rings is 1. The van der Waals surface area contributed by atoms with Gasteiger partial charge in [0.1, 0.15) is 5.82 Å². The van der Waals surface area contributed by atoms with Gasteiger partial charge in [0.05, 0.1) is 11.6 Å². The Bertz CT molecular complexity index is 450. The number of anilines is 1. The van der Waals surface area contributed by atoms with E-state index < -0.39 is 0 Å². The molecule has 1 aliphatic carbocycles. The maximum atomic E-state index is 13.3. The minimum atomic E-state index is -0.356. The SMILES string of the molecule is CC1CCC(Nc2cc(F)cc(C#N)c2)C1C. The van der Waals surface area contributed by atoms with Crippen LogP contribution < -0.4 is 5.32 Å². The fourth-order valence-electron chi connectivity index (χ4n) is 2.52. The summed E-state index contributed by atoms with van der Waals surface area (Å²) < 4.78 is 13.3. The molecule has 0 saturated heterocycles. The van der Waals surface area contributed by atoms with Gasteiger partial charge in [-0.3, -0.25) is 0 Å². The van der Waals surface area contributed by atoms with Gasteiger partial charge in [0, 0.05) is 11.7 Å². The predicted octanol–water partition coefficient (Wildman–Crippen LogP) is 3.54. The van der Waals surface area contributed by atoms with Gasteiger partial charge < -0.3 is 5.32 Å². The number of nitrogens with one attached hydrogen (secondary N) is 1. The Balaban J connectivity index is 2.14. The topological polar surface area (TPSA) is 35.8 Å². The summed E-state index contributed by atoms with van der Waals surface area (Å²) in [5.74, 6) is 0.936. The van der Waals surface area contributed by atoms with Crippen molar-refractivity contribution >= 4 is 5.69 Å². The lowest BCUT2D eigenvalue weighted by Gasteiger charge is -2.21. The van der Waals surface area contributed by atoms with Crippen LogP contribution in [0.15, 0.2) is 18.2 Å². The average molecular weight is 232 g/mol. The highest BCUT2D eigenvalue weighted by Crippen LogP contribution is 2.33. The van der Waals surface area contributed by atoms with Crippen LogP contribution in [-0.2, 0) is 0 Å². The quantitative estimate of drug-likeness (QED) is 0.846. The van der Waals surface area contributed by atoms with Crippen LogP contribution in [0.1, 0.15) is 32.3 Å². The standard InChI is InChI=1S/C14H17FN2/c1-9-3-4-14(10(9)2)17-13-6-11(8-16)5-12(15)7-13/h5-7,9-10,14,17H,3-4H2,1-2H3. The number of rotatable bonds is 2. The van der Waals surface area contributed by atoms with Crippen LogP contribution in [0.2, 0.25) is 0 Å². The zero-order valence-electron chi connectivity index (χ0n) is 10.2. The summed E-state index contributed by atoms with van der Waals surface area (Å²) in [6.45, 7) is 4.47. The highest BCUT2D eigenvalue weighted by Gasteiger charge is 2.29. The van der Waals surface area contributed by atoms with E-state index in [0.717, 1.165) is 6.42 Å². The monoisotopic (exact) mass is 232 g/mol. The molecule has 1 N–H and O–H groups in total. The van der Waals surface area contributed by atoms with E-state index in [1.807, 2.05) is 6.07 Å². The highest BCUT2D eigenvalue weighted by atomic mass is 19.1. The fraction of sp³-hybridized carbons (Fsp3) is 0.500. The molecule has 1 aliphatic rings.